The highest BCUT2D eigenvalue weighted by atomic mass is 17.3. The van der Waals surface area contributed by atoms with Crippen LogP contribution in [-0.2, 0) is 21.1 Å². The van der Waals surface area contributed by atoms with Crippen molar-refractivity contribution < 1.29 is 49.8 Å². The molecule has 0 aromatic carbocycles. The molecule has 0 radical (unpaired) electrons. The topological polar surface area (TPSA) is 203 Å². The number of aromatic amines is 1. The number of nitrogens with one attached hydrogen (secondary N) is 1. The van der Waals surface area contributed by atoms with E-state index in [0.29, 0.717) is 0 Å². The lowest BCUT2D eigenvalue weighted by molar-refractivity contribution is -0.734. The van der Waals surface area contributed by atoms with E-state index in [1.165, 1.54) is 18.7 Å². The molecule has 0 aliphatic rings. The molecule has 1 aromatic rings. The van der Waals surface area contributed by atoms with Crippen LogP contribution in [0.5, 0.6) is 0 Å². The Morgan fingerprint density at radius 2 is 1.86 bits per heavy atom. The second-order valence-electron chi connectivity index (χ2n) is 4.13. The van der Waals surface area contributed by atoms with Crippen LogP contribution in [0, 0.1) is 0 Å². The van der Waals surface area contributed by atoms with E-state index >= 15 is 0 Å². The Bertz CT molecular complexity index is 469. The van der Waals surface area contributed by atoms with Crippen molar-refractivity contribution >= 4 is 5.97 Å². The van der Waals surface area contributed by atoms with Crippen LogP contribution in [0.1, 0.15) is 0 Å². The van der Waals surface area contributed by atoms with E-state index in [9.17, 15) is 20.1 Å². The quantitative estimate of drug-likeness (QED) is 0.104. The number of nitrogens with two attached hydrogens (primary N) is 1. The van der Waals surface area contributed by atoms with Gasteiger partial charge >= 0.3 is 17.9 Å². The first-order valence-corrected chi connectivity index (χ1v) is 5.48. The predicted molar refractivity (Wildman–Crippen MR) is 58.7 cm³/mol. The van der Waals surface area contributed by atoms with Gasteiger partial charge in [0.25, 0.3) is 5.60 Å². The maximum absolute atomic E-state index is 10.8. The van der Waals surface area contributed by atoms with Crippen molar-refractivity contribution in [3.05, 3.63) is 18.7 Å². The molecule has 12 nitrogen and oxygen atoms in total. The fraction of sp³-hybridized carbons (Fsp3) is 0.556. The van der Waals surface area contributed by atoms with Gasteiger partial charge in [-0.1, -0.05) is 0 Å². The Labute approximate surface area is 117 Å². The van der Waals surface area contributed by atoms with Gasteiger partial charge in [0.05, 0.1) is 6.54 Å². The summed E-state index contributed by atoms with van der Waals surface area (Å²) in [5.74, 6) is -9.17. The molecule has 12 heteroatoms. The molecular weight excluding hydrogens is 294 g/mol. The summed E-state index contributed by atoms with van der Waals surface area (Å²) in [6.45, 7) is -1.67. The van der Waals surface area contributed by atoms with Crippen LogP contribution in [0.4, 0.5) is 0 Å². The van der Waals surface area contributed by atoms with Gasteiger partial charge in [0.2, 0.25) is 6.33 Å². The van der Waals surface area contributed by atoms with Crippen molar-refractivity contribution in [2.24, 2.45) is 5.73 Å². The maximum Gasteiger partial charge on any atom is 0.360 e. The van der Waals surface area contributed by atoms with Gasteiger partial charge in [0.15, 0.2) is 0 Å². The number of rotatable bonds is 7. The standard InChI is InChI=1S/C9H15N3O9/c10-3-6(13)20-21-9(18,19)7(14,8(15,16)17)4-12-2-1-11-5-12/h1-2,5,14-19H,3-4,10H2/p+1. The van der Waals surface area contributed by atoms with Crippen LogP contribution in [0.3, 0.4) is 0 Å². The largest absolute Gasteiger partial charge is 0.372 e. The third-order valence-electron chi connectivity index (χ3n) is 2.53. The molecule has 0 spiro atoms. The highest BCUT2D eigenvalue weighted by Gasteiger charge is 2.66. The number of carbonyl (C=O) groups excluding carboxylic acids is 1. The van der Waals surface area contributed by atoms with E-state index in [4.69, 9.17) is 21.1 Å². The van der Waals surface area contributed by atoms with Crippen molar-refractivity contribution in [2.75, 3.05) is 6.54 Å². The number of H-pyrrole nitrogens is 1. The molecule has 0 amide bonds. The van der Waals surface area contributed by atoms with Crippen molar-refractivity contribution in [3.63, 3.8) is 0 Å². The van der Waals surface area contributed by atoms with Gasteiger partial charge in [0, 0.05) is 0 Å². The fourth-order valence-corrected chi connectivity index (χ4v) is 1.32. The highest BCUT2D eigenvalue weighted by molar-refractivity contribution is 5.70. The molecule has 0 saturated carbocycles. The first-order valence-electron chi connectivity index (χ1n) is 5.48. The first kappa shape index (κ1) is 17.4. The van der Waals surface area contributed by atoms with Crippen LogP contribution < -0.4 is 10.3 Å². The summed E-state index contributed by atoms with van der Waals surface area (Å²) in [6, 6.07) is 0. The number of hydrogen-bond donors (Lipinski definition) is 8. The fourth-order valence-electron chi connectivity index (χ4n) is 1.32. The van der Waals surface area contributed by atoms with Crippen LogP contribution in [0.2, 0.25) is 0 Å². The molecule has 9 N–H and O–H groups in total. The van der Waals surface area contributed by atoms with Gasteiger partial charge in [-0.05, 0) is 0 Å². The number of nitrogens with zero attached hydrogens (tertiary/aromatic N) is 1. The third-order valence-corrected chi connectivity index (χ3v) is 2.53. The lowest BCUT2D eigenvalue weighted by Crippen LogP contribution is -2.73. The summed E-state index contributed by atoms with van der Waals surface area (Å²) in [7, 11) is 0. The molecule has 1 atom stereocenters. The first-order chi connectivity index (χ1) is 9.53. The molecular formula is C9H16N3O9+. The predicted octanol–water partition coefficient (Wildman–Crippen LogP) is -5.26. The normalized spacial score (nSPS) is 15.6. The van der Waals surface area contributed by atoms with Crippen LogP contribution in [0.25, 0.3) is 0 Å². The lowest BCUT2D eigenvalue weighted by Gasteiger charge is -2.39. The minimum Gasteiger partial charge on any atom is -0.372 e. The molecule has 120 valence electrons. The van der Waals surface area contributed by atoms with Crippen LogP contribution in [-0.4, -0.2) is 65.7 Å². The van der Waals surface area contributed by atoms with Crippen molar-refractivity contribution in [3.8, 4) is 0 Å². The van der Waals surface area contributed by atoms with Crippen molar-refractivity contribution in [1.29, 1.82) is 0 Å². The van der Waals surface area contributed by atoms with E-state index in [-0.39, 0.29) is 0 Å². The minimum absolute atomic E-state index is 0.691. The summed E-state index contributed by atoms with van der Waals surface area (Å²) in [6.07, 6.45) is 3.78. The lowest BCUT2D eigenvalue weighted by atomic mass is 9.97. The molecule has 0 fully saturated rings. The summed E-state index contributed by atoms with van der Waals surface area (Å²) in [4.78, 5) is 21.0. The number of aromatic nitrogens is 2. The molecule has 1 aromatic heterocycles. The zero-order valence-electron chi connectivity index (χ0n) is 10.6. The van der Waals surface area contributed by atoms with E-state index in [1.54, 1.807) is 0 Å². The summed E-state index contributed by atoms with van der Waals surface area (Å²) < 4.78 is 1.01. The Hall–Kier alpha value is -1.64. The number of imidazole rings is 1. The van der Waals surface area contributed by atoms with E-state index < -0.39 is 36.6 Å². The SMILES string of the molecule is NCC(=O)OOC(O)(O)C(O)(C[n+]1cc[nH]c1)C(O)(O)O. The summed E-state index contributed by atoms with van der Waals surface area (Å²) >= 11 is 0. The average Bonchev–Trinajstić information content (AvgIpc) is 2.87. The van der Waals surface area contributed by atoms with E-state index in [2.05, 4.69) is 14.8 Å². The summed E-state index contributed by atoms with van der Waals surface area (Å²) in [5, 5.41) is 56.6. The van der Waals surface area contributed by atoms with Crippen LogP contribution in [0.15, 0.2) is 18.7 Å². The molecule has 0 saturated heterocycles. The average molecular weight is 310 g/mol. The monoisotopic (exact) mass is 310 g/mol. The second-order valence-corrected chi connectivity index (χ2v) is 4.13. The minimum atomic E-state index is -4.03. The van der Waals surface area contributed by atoms with E-state index in [0.717, 1.165) is 4.57 Å². The smallest absolute Gasteiger partial charge is 0.360 e. The van der Waals surface area contributed by atoms with Gasteiger partial charge in [0.1, 0.15) is 18.9 Å². The van der Waals surface area contributed by atoms with Gasteiger partial charge in [-0.15, -0.1) is 4.89 Å². The summed E-state index contributed by atoms with van der Waals surface area (Å²) in [5.41, 5.74) is 1.34. The number of hydrogen-bond acceptors (Lipinski definition) is 10. The zero-order valence-corrected chi connectivity index (χ0v) is 10.6. The van der Waals surface area contributed by atoms with Crippen molar-refractivity contribution in [2.45, 2.75) is 24.1 Å². The molecule has 0 bridgehead atoms. The van der Waals surface area contributed by atoms with Gasteiger partial charge in [-0.3, -0.25) is 9.87 Å². The molecule has 1 unspecified atom stereocenters. The van der Waals surface area contributed by atoms with Crippen LogP contribution >= 0.6 is 0 Å². The van der Waals surface area contributed by atoms with E-state index in [1.807, 2.05) is 0 Å². The Morgan fingerprint density at radius 3 is 2.29 bits per heavy atom. The maximum atomic E-state index is 10.8. The second kappa shape index (κ2) is 6.00. The Morgan fingerprint density at radius 1 is 1.24 bits per heavy atom. The number of aliphatic hydroxyl groups is 6. The van der Waals surface area contributed by atoms with Gasteiger partial charge in [-0.25, -0.2) is 9.36 Å². The third kappa shape index (κ3) is 3.72. The van der Waals surface area contributed by atoms with Gasteiger partial charge in [-0.2, -0.15) is 0 Å². The molecule has 0 aliphatic heterocycles. The highest BCUT2D eigenvalue weighted by Crippen LogP contribution is 2.30. The molecule has 0 aliphatic carbocycles. The molecule has 21 heavy (non-hydrogen) atoms. The molecule has 1 heterocycles. The zero-order chi connectivity index (χ0) is 16.3. The Balaban J connectivity index is 3.02. The Kier molecular flexibility index (Phi) is 4.98. The van der Waals surface area contributed by atoms with Crippen molar-refractivity contribution in [1.82, 2.24) is 4.98 Å². The molecule has 1 rings (SSSR count). The van der Waals surface area contributed by atoms with Gasteiger partial charge < -0.3 is 36.4 Å². The number of carbonyl (C=O) groups is 1.